The first-order valence-electron chi connectivity index (χ1n) is 7.89. The van der Waals surface area contributed by atoms with Gasteiger partial charge in [-0.25, -0.2) is 0 Å². The Bertz CT molecular complexity index is 879. The van der Waals surface area contributed by atoms with E-state index >= 15 is 0 Å². The molecule has 0 radical (unpaired) electrons. The van der Waals surface area contributed by atoms with Crippen molar-refractivity contribution < 1.29 is 19.2 Å². The monoisotopic (exact) mass is 355 g/mol. The molecule has 2 aromatic rings. The molecule has 0 saturated carbocycles. The molecule has 8 heteroatoms. The van der Waals surface area contributed by atoms with Gasteiger partial charge in [0.15, 0.2) is 11.5 Å². The number of hydrazine groups is 1. The second-order valence-corrected chi connectivity index (χ2v) is 5.67. The van der Waals surface area contributed by atoms with Crippen LogP contribution in [0.1, 0.15) is 22.8 Å². The molecule has 8 nitrogen and oxygen atoms in total. The SMILES string of the molecule is CC(=CCc1ccc2c(c1)OCO2)NNC(=O)c1cccc([N+](=O)[O-])c1. The molecule has 0 fully saturated rings. The molecule has 1 aliphatic heterocycles. The lowest BCUT2D eigenvalue weighted by atomic mass is 10.1. The minimum Gasteiger partial charge on any atom is -0.454 e. The van der Waals surface area contributed by atoms with E-state index in [1.165, 1.54) is 24.3 Å². The number of allylic oxidation sites excluding steroid dienone is 2. The summed E-state index contributed by atoms with van der Waals surface area (Å²) < 4.78 is 10.6. The molecule has 0 unspecified atom stereocenters. The highest BCUT2D eigenvalue weighted by Crippen LogP contribution is 2.32. The third-order valence-corrected chi connectivity index (χ3v) is 3.77. The minimum absolute atomic E-state index is 0.132. The Labute approximate surface area is 149 Å². The maximum absolute atomic E-state index is 12.1. The third kappa shape index (κ3) is 4.10. The van der Waals surface area contributed by atoms with Crippen LogP contribution in [0.5, 0.6) is 11.5 Å². The van der Waals surface area contributed by atoms with Crippen molar-refractivity contribution in [3.63, 3.8) is 0 Å². The molecule has 0 atom stereocenters. The van der Waals surface area contributed by atoms with Gasteiger partial charge < -0.3 is 14.9 Å². The summed E-state index contributed by atoms with van der Waals surface area (Å²) in [6.07, 6.45) is 2.55. The molecular weight excluding hydrogens is 338 g/mol. The Balaban J connectivity index is 1.55. The first kappa shape index (κ1) is 17.3. The molecule has 0 spiro atoms. The van der Waals surface area contributed by atoms with E-state index in [4.69, 9.17) is 9.47 Å². The number of fused-ring (bicyclic) bond motifs is 1. The topological polar surface area (TPSA) is 103 Å². The quantitative estimate of drug-likeness (QED) is 0.610. The number of nitrogens with one attached hydrogen (secondary N) is 2. The van der Waals surface area contributed by atoms with Crippen molar-refractivity contribution in [2.75, 3.05) is 6.79 Å². The molecule has 26 heavy (non-hydrogen) atoms. The first-order valence-corrected chi connectivity index (χ1v) is 7.89. The van der Waals surface area contributed by atoms with E-state index in [-0.39, 0.29) is 18.0 Å². The summed E-state index contributed by atoms with van der Waals surface area (Å²) in [5.41, 5.74) is 7.16. The molecule has 1 aliphatic rings. The van der Waals surface area contributed by atoms with Crippen molar-refractivity contribution in [1.29, 1.82) is 0 Å². The Morgan fingerprint density at radius 3 is 2.81 bits per heavy atom. The van der Waals surface area contributed by atoms with Gasteiger partial charge in [-0.15, -0.1) is 0 Å². The zero-order valence-corrected chi connectivity index (χ0v) is 14.0. The van der Waals surface area contributed by atoms with Crippen molar-refractivity contribution in [1.82, 2.24) is 10.9 Å². The Hall–Kier alpha value is -3.55. The number of rotatable bonds is 6. The molecule has 2 aromatic carbocycles. The van der Waals surface area contributed by atoms with Crippen molar-refractivity contribution >= 4 is 11.6 Å². The number of nitro groups is 1. The largest absolute Gasteiger partial charge is 0.454 e. The van der Waals surface area contributed by atoms with Gasteiger partial charge in [0.25, 0.3) is 11.6 Å². The maximum atomic E-state index is 12.1. The predicted molar refractivity (Wildman–Crippen MR) is 93.7 cm³/mol. The van der Waals surface area contributed by atoms with Crippen LogP contribution in [0, 0.1) is 10.1 Å². The zero-order valence-electron chi connectivity index (χ0n) is 14.0. The third-order valence-electron chi connectivity index (χ3n) is 3.77. The summed E-state index contributed by atoms with van der Waals surface area (Å²) in [6, 6.07) is 11.2. The zero-order chi connectivity index (χ0) is 18.5. The number of carbonyl (C=O) groups is 1. The second kappa shape index (κ2) is 7.56. The van der Waals surface area contributed by atoms with Gasteiger partial charge in [-0.3, -0.25) is 20.3 Å². The molecule has 0 aliphatic carbocycles. The Kier molecular flexibility index (Phi) is 5.02. The van der Waals surface area contributed by atoms with Crippen LogP contribution in [0.15, 0.2) is 54.2 Å². The molecule has 134 valence electrons. The molecule has 1 heterocycles. The van der Waals surface area contributed by atoms with Crippen molar-refractivity contribution in [3.05, 3.63) is 75.5 Å². The molecule has 3 rings (SSSR count). The van der Waals surface area contributed by atoms with Crippen LogP contribution in [-0.4, -0.2) is 17.6 Å². The van der Waals surface area contributed by atoms with Crippen LogP contribution in [0.4, 0.5) is 5.69 Å². The fourth-order valence-electron chi connectivity index (χ4n) is 2.38. The highest BCUT2D eigenvalue weighted by atomic mass is 16.7. The smallest absolute Gasteiger partial charge is 0.270 e. The van der Waals surface area contributed by atoms with Crippen molar-refractivity contribution in [2.45, 2.75) is 13.3 Å². The number of amides is 1. The van der Waals surface area contributed by atoms with Crippen LogP contribution in [-0.2, 0) is 6.42 Å². The molecule has 0 saturated heterocycles. The van der Waals surface area contributed by atoms with E-state index in [2.05, 4.69) is 10.9 Å². The van der Waals surface area contributed by atoms with Gasteiger partial charge >= 0.3 is 0 Å². The summed E-state index contributed by atoms with van der Waals surface area (Å²) in [5, 5.41) is 10.8. The second-order valence-electron chi connectivity index (χ2n) is 5.67. The lowest BCUT2D eigenvalue weighted by Gasteiger charge is -2.09. The number of carbonyl (C=O) groups excluding carboxylic acids is 1. The maximum Gasteiger partial charge on any atom is 0.270 e. The fourth-order valence-corrected chi connectivity index (χ4v) is 2.38. The van der Waals surface area contributed by atoms with Crippen molar-refractivity contribution in [2.24, 2.45) is 0 Å². The van der Waals surface area contributed by atoms with E-state index in [1.807, 2.05) is 24.3 Å². The number of hydrogen-bond acceptors (Lipinski definition) is 6. The van der Waals surface area contributed by atoms with Gasteiger partial charge in [0.2, 0.25) is 6.79 Å². The van der Waals surface area contributed by atoms with E-state index < -0.39 is 10.8 Å². The highest BCUT2D eigenvalue weighted by molar-refractivity contribution is 5.94. The van der Waals surface area contributed by atoms with Crippen LogP contribution in [0.3, 0.4) is 0 Å². The number of non-ortho nitro benzene ring substituents is 1. The molecule has 0 bridgehead atoms. The summed E-state index contributed by atoms with van der Waals surface area (Å²) in [7, 11) is 0. The number of hydrogen-bond donors (Lipinski definition) is 2. The summed E-state index contributed by atoms with van der Waals surface area (Å²) in [4.78, 5) is 22.3. The normalized spacial score (nSPS) is 12.6. The van der Waals surface area contributed by atoms with Crippen LogP contribution in [0.25, 0.3) is 0 Å². The average molecular weight is 355 g/mol. The van der Waals surface area contributed by atoms with Crippen molar-refractivity contribution in [3.8, 4) is 11.5 Å². The number of nitrogens with zero attached hydrogens (tertiary/aromatic N) is 1. The van der Waals surface area contributed by atoms with E-state index in [0.29, 0.717) is 6.42 Å². The van der Waals surface area contributed by atoms with Gasteiger partial charge in [-0.2, -0.15) is 0 Å². The van der Waals surface area contributed by atoms with Gasteiger partial charge in [0.05, 0.1) is 4.92 Å². The van der Waals surface area contributed by atoms with E-state index in [0.717, 1.165) is 22.8 Å². The van der Waals surface area contributed by atoms with Gasteiger partial charge in [-0.1, -0.05) is 18.2 Å². The number of ether oxygens (including phenoxy) is 2. The number of nitro benzene ring substituents is 1. The van der Waals surface area contributed by atoms with Crippen LogP contribution < -0.4 is 20.3 Å². The van der Waals surface area contributed by atoms with Gasteiger partial charge in [0, 0.05) is 23.4 Å². The summed E-state index contributed by atoms with van der Waals surface area (Å²) >= 11 is 0. The van der Waals surface area contributed by atoms with E-state index in [9.17, 15) is 14.9 Å². The molecule has 0 aromatic heterocycles. The van der Waals surface area contributed by atoms with Crippen LogP contribution in [0.2, 0.25) is 0 Å². The lowest BCUT2D eigenvalue weighted by Crippen LogP contribution is -2.36. The Morgan fingerprint density at radius 1 is 1.19 bits per heavy atom. The minimum atomic E-state index is -0.541. The standard InChI is InChI=1S/C18H17N3O5/c1-12(5-6-13-7-8-16-17(9-13)26-11-25-16)19-20-18(22)14-3-2-4-15(10-14)21(23)24/h2-5,7-10,19H,6,11H2,1H3,(H,20,22). The molecule has 2 N–H and O–H groups in total. The van der Waals surface area contributed by atoms with Crippen LogP contribution >= 0.6 is 0 Å². The Morgan fingerprint density at radius 2 is 2.00 bits per heavy atom. The number of benzene rings is 2. The molecule has 1 amide bonds. The first-order chi connectivity index (χ1) is 12.5. The van der Waals surface area contributed by atoms with Gasteiger partial charge in [0.1, 0.15) is 0 Å². The highest BCUT2D eigenvalue weighted by Gasteiger charge is 2.13. The molecular formula is C18H17N3O5. The summed E-state index contributed by atoms with van der Waals surface area (Å²) in [6.45, 7) is 2.04. The average Bonchev–Trinajstić information content (AvgIpc) is 3.12. The summed E-state index contributed by atoms with van der Waals surface area (Å²) in [5.74, 6) is 1.00. The lowest BCUT2D eigenvalue weighted by molar-refractivity contribution is -0.384. The predicted octanol–water partition coefficient (Wildman–Crippen LogP) is 2.70. The van der Waals surface area contributed by atoms with E-state index in [1.54, 1.807) is 6.92 Å². The fraction of sp³-hybridized carbons (Fsp3) is 0.167. The van der Waals surface area contributed by atoms with Gasteiger partial charge in [-0.05, 0) is 37.1 Å².